The molecule has 8 nitrogen and oxygen atoms in total. The Bertz CT molecular complexity index is 831. The van der Waals surface area contributed by atoms with Gasteiger partial charge in [-0.3, -0.25) is 14.8 Å². The fourth-order valence-corrected chi connectivity index (χ4v) is 3.67. The summed E-state index contributed by atoms with van der Waals surface area (Å²) in [6.07, 6.45) is 1.76. The smallest absolute Gasteiger partial charge is 0.271 e. The van der Waals surface area contributed by atoms with E-state index in [4.69, 9.17) is 4.74 Å². The minimum absolute atomic E-state index is 0.0710. The molecule has 25 heavy (non-hydrogen) atoms. The number of carbonyl (C=O) groups is 1. The van der Waals surface area contributed by atoms with Crippen molar-refractivity contribution in [3.05, 3.63) is 34.0 Å². The number of rotatable bonds is 3. The zero-order chi connectivity index (χ0) is 17.6. The summed E-state index contributed by atoms with van der Waals surface area (Å²) in [5.41, 5.74) is 4.66. The van der Waals surface area contributed by atoms with Crippen LogP contribution in [0.15, 0.2) is 0 Å². The van der Waals surface area contributed by atoms with Crippen molar-refractivity contribution >= 4 is 5.91 Å². The van der Waals surface area contributed by atoms with Crippen LogP contribution in [0.3, 0.4) is 0 Å². The maximum Gasteiger partial charge on any atom is 0.271 e. The van der Waals surface area contributed by atoms with Crippen molar-refractivity contribution in [1.29, 1.82) is 0 Å². The van der Waals surface area contributed by atoms with E-state index in [1.54, 1.807) is 7.05 Å². The zero-order valence-electron chi connectivity index (χ0n) is 14.7. The predicted molar refractivity (Wildman–Crippen MR) is 90.6 cm³/mol. The maximum absolute atomic E-state index is 12.0. The van der Waals surface area contributed by atoms with Gasteiger partial charge in [-0.15, -0.1) is 0 Å². The normalized spacial score (nSPS) is 19.2. The first-order valence-electron chi connectivity index (χ1n) is 8.56. The van der Waals surface area contributed by atoms with Gasteiger partial charge in [0.25, 0.3) is 5.91 Å². The van der Waals surface area contributed by atoms with Gasteiger partial charge >= 0.3 is 0 Å². The largest absolute Gasteiger partial charge is 0.472 e. The van der Waals surface area contributed by atoms with Crippen molar-refractivity contribution in [2.45, 2.75) is 39.3 Å². The first-order chi connectivity index (χ1) is 12.0. The molecule has 0 saturated heterocycles. The van der Waals surface area contributed by atoms with E-state index in [-0.39, 0.29) is 12.0 Å². The first-order valence-corrected chi connectivity index (χ1v) is 8.56. The lowest BCUT2D eigenvalue weighted by atomic mass is 10.0. The molecule has 0 radical (unpaired) electrons. The molecule has 4 rings (SSSR count). The second kappa shape index (κ2) is 6.11. The van der Waals surface area contributed by atoms with Crippen molar-refractivity contribution in [3.8, 4) is 5.88 Å². The summed E-state index contributed by atoms with van der Waals surface area (Å²) in [6.45, 7) is 6.31. The number of ether oxygens (including phenoxy) is 1. The molecule has 0 fully saturated rings. The van der Waals surface area contributed by atoms with Crippen molar-refractivity contribution in [2.75, 3.05) is 20.1 Å². The van der Waals surface area contributed by atoms with E-state index >= 15 is 0 Å². The molecule has 132 valence electrons. The van der Waals surface area contributed by atoms with Crippen molar-refractivity contribution in [1.82, 2.24) is 30.4 Å². The van der Waals surface area contributed by atoms with E-state index in [1.165, 1.54) is 0 Å². The third-order valence-corrected chi connectivity index (χ3v) is 4.91. The Morgan fingerprint density at radius 2 is 2.20 bits per heavy atom. The van der Waals surface area contributed by atoms with Crippen LogP contribution >= 0.6 is 0 Å². The lowest BCUT2D eigenvalue weighted by Gasteiger charge is -2.28. The summed E-state index contributed by atoms with van der Waals surface area (Å²) in [6, 6.07) is 0. The molecule has 2 aromatic rings. The van der Waals surface area contributed by atoms with E-state index in [9.17, 15) is 4.79 Å². The Balaban J connectivity index is 1.46. The van der Waals surface area contributed by atoms with Crippen molar-refractivity contribution < 1.29 is 9.53 Å². The molecule has 1 atom stereocenters. The number of aryl methyl sites for hydroxylation is 2. The number of carbonyl (C=O) groups excluding carboxylic acids is 1. The SMILES string of the molecule is CNC(=O)c1n[nH]c2c1CN(C[C@@H]1Cc3c(C)nc(C)nc3O1)CC2. The Morgan fingerprint density at radius 1 is 1.36 bits per heavy atom. The Hall–Kier alpha value is -2.48. The van der Waals surface area contributed by atoms with Crippen LogP contribution in [0.25, 0.3) is 0 Å². The highest BCUT2D eigenvalue weighted by Crippen LogP contribution is 2.30. The van der Waals surface area contributed by atoms with E-state index in [2.05, 4.69) is 30.4 Å². The van der Waals surface area contributed by atoms with Crippen LogP contribution in [-0.2, 0) is 19.4 Å². The average molecular weight is 342 g/mol. The number of H-pyrrole nitrogens is 1. The second-order valence-corrected chi connectivity index (χ2v) is 6.68. The van der Waals surface area contributed by atoms with Crippen LogP contribution in [0.1, 0.15) is 38.8 Å². The number of aromatic nitrogens is 4. The summed E-state index contributed by atoms with van der Waals surface area (Å²) in [7, 11) is 1.62. The Labute approximate surface area is 146 Å². The van der Waals surface area contributed by atoms with Gasteiger partial charge in [0.15, 0.2) is 5.69 Å². The highest BCUT2D eigenvalue weighted by Gasteiger charge is 2.31. The molecule has 0 aromatic carbocycles. The molecule has 2 aliphatic heterocycles. The molecule has 4 heterocycles. The minimum Gasteiger partial charge on any atom is -0.472 e. The monoisotopic (exact) mass is 342 g/mol. The predicted octanol–water partition coefficient (Wildman–Crippen LogP) is 0.538. The van der Waals surface area contributed by atoms with Crippen molar-refractivity contribution in [3.63, 3.8) is 0 Å². The number of aromatic amines is 1. The van der Waals surface area contributed by atoms with Gasteiger partial charge in [-0.1, -0.05) is 0 Å². The van der Waals surface area contributed by atoms with Crippen molar-refractivity contribution in [2.24, 2.45) is 0 Å². The summed E-state index contributed by atoms with van der Waals surface area (Å²) >= 11 is 0. The van der Waals surface area contributed by atoms with Gasteiger partial charge in [-0.05, 0) is 13.8 Å². The van der Waals surface area contributed by atoms with E-state index in [0.717, 1.165) is 60.2 Å². The number of hydrogen-bond donors (Lipinski definition) is 2. The van der Waals surface area contributed by atoms with Gasteiger partial charge in [-0.2, -0.15) is 10.1 Å². The number of amides is 1. The van der Waals surface area contributed by atoms with E-state index < -0.39 is 0 Å². The lowest BCUT2D eigenvalue weighted by Crippen LogP contribution is -2.38. The topological polar surface area (TPSA) is 96.0 Å². The molecular formula is C17H22N6O2. The van der Waals surface area contributed by atoms with Crippen LogP contribution in [0, 0.1) is 13.8 Å². The number of nitrogens with one attached hydrogen (secondary N) is 2. The maximum atomic E-state index is 12.0. The molecule has 1 amide bonds. The van der Waals surface area contributed by atoms with Gasteiger partial charge in [0.05, 0.1) is 0 Å². The fourth-order valence-electron chi connectivity index (χ4n) is 3.67. The van der Waals surface area contributed by atoms with Gasteiger partial charge < -0.3 is 10.1 Å². The highest BCUT2D eigenvalue weighted by molar-refractivity contribution is 5.93. The summed E-state index contributed by atoms with van der Waals surface area (Å²) < 4.78 is 6.04. The minimum atomic E-state index is -0.148. The standard InChI is InChI=1S/C17H22N6O2/c1-9-12-6-11(25-17(12)20-10(2)19-9)7-23-5-4-14-13(8-23)15(22-21-14)16(24)18-3/h11H,4-8H2,1-3H3,(H,18,24)(H,21,22)/t11-/m0/s1. The third kappa shape index (κ3) is 2.86. The van der Waals surface area contributed by atoms with Crippen LogP contribution in [0.5, 0.6) is 5.88 Å². The molecule has 0 aliphatic carbocycles. The lowest BCUT2D eigenvalue weighted by molar-refractivity contribution is 0.0954. The van der Waals surface area contributed by atoms with Gasteiger partial charge in [0.1, 0.15) is 11.9 Å². The average Bonchev–Trinajstić information content (AvgIpc) is 3.17. The van der Waals surface area contributed by atoms with Crippen LogP contribution in [0.4, 0.5) is 0 Å². The quantitative estimate of drug-likeness (QED) is 0.845. The molecule has 0 unspecified atom stereocenters. The number of fused-ring (bicyclic) bond motifs is 2. The summed E-state index contributed by atoms with van der Waals surface area (Å²) in [5.74, 6) is 1.32. The number of nitrogens with zero attached hydrogens (tertiary/aromatic N) is 4. The molecule has 8 heteroatoms. The Kier molecular flexibility index (Phi) is 3.91. The zero-order valence-corrected chi connectivity index (χ0v) is 14.7. The van der Waals surface area contributed by atoms with E-state index in [1.807, 2.05) is 13.8 Å². The third-order valence-electron chi connectivity index (χ3n) is 4.91. The second-order valence-electron chi connectivity index (χ2n) is 6.68. The van der Waals surface area contributed by atoms with Crippen LogP contribution in [0.2, 0.25) is 0 Å². The van der Waals surface area contributed by atoms with E-state index in [0.29, 0.717) is 12.2 Å². The van der Waals surface area contributed by atoms with Gasteiger partial charge in [0, 0.05) is 62.0 Å². The molecule has 0 saturated carbocycles. The van der Waals surface area contributed by atoms with Gasteiger partial charge in [0.2, 0.25) is 5.88 Å². The van der Waals surface area contributed by atoms with Crippen LogP contribution in [-0.4, -0.2) is 57.2 Å². The summed E-state index contributed by atoms with van der Waals surface area (Å²) in [5, 5.41) is 9.82. The van der Waals surface area contributed by atoms with Gasteiger partial charge in [-0.25, -0.2) is 4.98 Å². The molecule has 0 bridgehead atoms. The molecule has 0 spiro atoms. The first kappa shape index (κ1) is 16.0. The van der Waals surface area contributed by atoms with Crippen LogP contribution < -0.4 is 10.1 Å². The fraction of sp³-hybridized carbons (Fsp3) is 0.529. The molecule has 2 aromatic heterocycles. The molecule has 2 N–H and O–H groups in total. The highest BCUT2D eigenvalue weighted by atomic mass is 16.5. The number of hydrogen-bond acceptors (Lipinski definition) is 6. The molecular weight excluding hydrogens is 320 g/mol. The summed E-state index contributed by atoms with van der Waals surface area (Å²) in [4.78, 5) is 23.1. The Morgan fingerprint density at radius 3 is 3.00 bits per heavy atom. The molecule has 2 aliphatic rings.